The monoisotopic (exact) mass is 918 g/mol. The molecule has 19 atom stereocenters. The molecule has 13 nitrogen and oxygen atoms in total. The maximum Gasteiger partial charge on any atom is 0.413 e. The number of Topliss-reactive ketones (excluding diaryl/α,β-unsaturated/α-hetero) is 1. The van der Waals surface area contributed by atoms with Gasteiger partial charge in [0.1, 0.15) is 17.6 Å². The molecule has 64 heavy (non-hydrogen) atoms. The van der Waals surface area contributed by atoms with Crippen molar-refractivity contribution in [3.63, 3.8) is 0 Å². The predicted molar refractivity (Wildman–Crippen MR) is 242 cm³/mol. The maximum absolute atomic E-state index is 14.7. The number of hydrogen-bond donors (Lipinski definition) is 4. The Morgan fingerprint density at radius 1 is 0.891 bits per heavy atom. The molecule has 1 spiro atoms. The first-order valence-electron chi connectivity index (χ1n) is 24.1. The fourth-order valence-electron chi connectivity index (χ4n) is 11.6. The quantitative estimate of drug-likeness (QED) is 0.123. The van der Waals surface area contributed by atoms with Crippen LogP contribution in [0.2, 0.25) is 5.02 Å². The second-order valence-electron chi connectivity index (χ2n) is 20.2. The topological polar surface area (TPSA) is 179 Å². The van der Waals surface area contributed by atoms with E-state index >= 15 is 0 Å². The molecule has 1 aromatic carbocycles. The molecule has 14 heteroatoms. The smallest absolute Gasteiger partial charge is 0.413 e. The number of carboxylic acid groups (broad SMARTS) is 1. The van der Waals surface area contributed by atoms with Crippen LogP contribution in [0, 0.1) is 41.4 Å². The Balaban J connectivity index is 1.22. The zero-order valence-electron chi connectivity index (χ0n) is 39.7. The van der Waals surface area contributed by atoms with Gasteiger partial charge >= 0.3 is 12.1 Å². The van der Waals surface area contributed by atoms with Crippen LogP contribution >= 0.6 is 11.6 Å². The molecule has 360 valence electrons. The molecule has 4 saturated heterocycles. The number of amides is 1. The first-order chi connectivity index (χ1) is 30.2. The minimum atomic E-state index is -1.26. The van der Waals surface area contributed by atoms with Crippen LogP contribution in [-0.4, -0.2) is 105 Å². The predicted octanol–water partition coefficient (Wildman–Crippen LogP) is 8.68. The highest BCUT2D eigenvalue weighted by Gasteiger charge is 2.57. The summed E-state index contributed by atoms with van der Waals surface area (Å²) in [5.74, 6) is -4.38. The number of aliphatic hydroxyl groups is 2. The second kappa shape index (κ2) is 20.7. The first kappa shape index (κ1) is 50.8. The number of ether oxygens (including phenoxy) is 6. The molecule has 5 heterocycles. The van der Waals surface area contributed by atoms with Gasteiger partial charge in [-0.15, -0.1) is 0 Å². The lowest BCUT2D eigenvalue weighted by Crippen LogP contribution is -2.62. The van der Waals surface area contributed by atoms with Crippen molar-refractivity contribution in [1.29, 1.82) is 0 Å². The van der Waals surface area contributed by atoms with Crippen LogP contribution in [0.4, 0.5) is 4.79 Å². The van der Waals surface area contributed by atoms with Crippen LogP contribution in [0.3, 0.4) is 0 Å². The summed E-state index contributed by atoms with van der Waals surface area (Å²) in [6, 6.07) is 5.85. The van der Waals surface area contributed by atoms with Gasteiger partial charge in [-0.05, 0) is 120 Å². The summed E-state index contributed by atoms with van der Waals surface area (Å²) in [6.07, 6.45) is 4.95. The summed E-state index contributed by atoms with van der Waals surface area (Å²) in [5.41, 5.74) is -1.57. The summed E-state index contributed by atoms with van der Waals surface area (Å²) < 4.78 is 39.8. The molecule has 5 aliphatic heterocycles. The van der Waals surface area contributed by atoms with E-state index in [1.165, 1.54) is 0 Å². The number of ketones is 1. The van der Waals surface area contributed by atoms with E-state index in [0.29, 0.717) is 68.6 Å². The molecule has 0 aliphatic carbocycles. The van der Waals surface area contributed by atoms with Crippen molar-refractivity contribution in [3.05, 3.63) is 41.4 Å². The van der Waals surface area contributed by atoms with Gasteiger partial charge in [-0.2, -0.15) is 0 Å². The van der Waals surface area contributed by atoms with Gasteiger partial charge in [-0.3, -0.25) is 9.59 Å². The molecule has 2 unspecified atom stereocenters. The van der Waals surface area contributed by atoms with Gasteiger partial charge in [0, 0.05) is 28.7 Å². The van der Waals surface area contributed by atoms with E-state index in [1.807, 2.05) is 46.8 Å². The second-order valence-corrected chi connectivity index (χ2v) is 20.7. The zero-order chi connectivity index (χ0) is 46.9. The Morgan fingerprint density at radius 3 is 2.20 bits per heavy atom. The van der Waals surface area contributed by atoms with Crippen LogP contribution in [-0.2, 0) is 33.3 Å². The van der Waals surface area contributed by atoms with E-state index < -0.39 is 95.4 Å². The summed E-state index contributed by atoms with van der Waals surface area (Å²) in [5, 5.41) is 36.4. The standard InChI is InChI=1S/C50H76ClNO12/c1-11-35(46(55)56)38-19-14-27(4)43(61-38)31(8)41(53)30(7)42(54)36(12-2)44-28(5)26-29(6)50(63-44)25-20-37(52-47(57)60-34-17-15-33(51)16-18-34)45(64-50)39-21-23-48(10,62-39)40-22-24-49(58,13-3)32(9)59-40/h15-18,20,25,27-32,35-41,43-45,53,58H,11-14,19,21-24,26H2,1-10H3,(H,52,57)(H,55,56)/t27-,28-,29+,30-,31-,32-,35+,36-,37+,38+,39?,40+,41+,43+,44-,45?,48-,49+,50-/m0/s1. The number of aliphatic hydroxyl groups excluding tert-OH is 1. The highest BCUT2D eigenvalue weighted by atomic mass is 35.5. The van der Waals surface area contributed by atoms with Crippen molar-refractivity contribution in [2.45, 2.75) is 205 Å². The van der Waals surface area contributed by atoms with Gasteiger partial charge < -0.3 is 49.1 Å². The largest absolute Gasteiger partial charge is 0.481 e. The number of aliphatic carboxylic acids is 1. The molecular weight excluding hydrogens is 842 g/mol. The Hall–Kier alpha value is -2.62. The minimum absolute atomic E-state index is 0.0281. The SMILES string of the molecule is CC[C@@H](C(=O)[C@@H](C)[C@@H](O)[C@H](C)[C@@H]1O[C@@H]([C@@H](CC)C(=O)O)CC[C@@H]1C)[C@H]1O[C@]2(C=C[C@@H](NC(=O)Oc3ccc(Cl)cc3)C(C3CC[C@@](C)([C@H]4CC[C@](O)(CC)[C@H](C)O4)O3)O2)[C@H](C)C[C@@H]1C. The van der Waals surface area contributed by atoms with Gasteiger partial charge in [-0.25, -0.2) is 4.79 Å². The molecule has 6 rings (SSSR count). The maximum atomic E-state index is 14.7. The summed E-state index contributed by atoms with van der Waals surface area (Å²) >= 11 is 6.07. The Bertz CT molecular complexity index is 1800. The molecule has 5 aliphatic rings. The van der Waals surface area contributed by atoms with Crippen molar-refractivity contribution < 1.29 is 58.1 Å². The average Bonchev–Trinajstić information content (AvgIpc) is 3.67. The van der Waals surface area contributed by atoms with Crippen LogP contribution in [0.25, 0.3) is 0 Å². The third kappa shape index (κ3) is 10.6. The van der Waals surface area contributed by atoms with E-state index in [9.17, 15) is 29.7 Å². The van der Waals surface area contributed by atoms with Gasteiger partial charge in [0.25, 0.3) is 0 Å². The van der Waals surface area contributed by atoms with E-state index in [0.717, 1.165) is 6.42 Å². The Kier molecular flexibility index (Phi) is 16.4. The number of benzene rings is 1. The Morgan fingerprint density at radius 2 is 1.58 bits per heavy atom. The number of carbonyl (C=O) groups excluding carboxylic acids is 2. The lowest BCUT2D eigenvalue weighted by atomic mass is 9.72. The highest BCUT2D eigenvalue weighted by molar-refractivity contribution is 6.30. The van der Waals surface area contributed by atoms with Crippen molar-refractivity contribution in [2.24, 2.45) is 41.4 Å². The fraction of sp³-hybridized carbons (Fsp3) is 0.780. The number of rotatable bonds is 15. The molecule has 1 amide bonds. The summed E-state index contributed by atoms with van der Waals surface area (Å²) in [7, 11) is 0. The lowest BCUT2D eigenvalue weighted by Gasteiger charge is -2.52. The van der Waals surface area contributed by atoms with Crippen LogP contribution < -0.4 is 10.1 Å². The van der Waals surface area contributed by atoms with Crippen LogP contribution in [0.1, 0.15) is 133 Å². The van der Waals surface area contributed by atoms with E-state index in [-0.39, 0.29) is 35.7 Å². The molecule has 4 N–H and O–H groups in total. The molecule has 0 bridgehead atoms. The molecule has 1 aromatic rings. The third-order valence-electron chi connectivity index (χ3n) is 16.0. The summed E-state index contributed by atoms with van der Waals surface area (Å²) in [6.45, 7) is 19.7. The van der Waals surface area contributed by atoms with Gasteiger partial charge in [-0.1, -0.05) is 73.1 Å². The van der Waals surface area contributed by atoms with Crippen molar-refractivity contribution in [2.75, 3.05) is 0 Å². The Labute approximate surface area is 385 Å². The molecule has 0 aromatic heterocycles. The van der Waals surface area contributed by atoms with Crippen molar-refractivity contribution in [1.82, 2.24) is 5.32 Å². The number of halogens is 1. The number of nitrogens with one attached hydrogen (secondary N) is 1. The van der Waals surface area contributed by atoms with Crippen LogP contribution in [0.15, 0.2) is 36.4 Å². The van der Waals surface area contributed by atoms with Gasteiger partial charge in [0.05, 0.1) is 65.9 Å². The van der Waals surface area contributed by atoms with Crippen LogP contribution in [0.5, 0.6) is 5.75 Å². The van der Waals surface area contributed by atoms with E-state index in [4.69, 9.17) is 40.0 Å². The van der Waals surface area contributed by atoms with E-state index in [1.54, 1.807) is 31.2 Å². The number of carbonyl (C=O) groups is 3. The zero-order valence-corrected chi connectivity index (χ0v) is 40.4. The molecule has 0 saturated carbocycles. The first-order valence-corrected chi connectivity index (χ1v) is 24.5. The van der Waals surface area contributed by atoms with Gasteiger partial charge in [0.15, 0.2) is 5.79 Å². The van der Waals surface area contributed by atoms with Gasteiger partial charge in [0.2, 0.25) is 0 Å². The molecule has 4 fully saturated rings. The average molecular weight is 919 g/mol. The van der Waals surface area contributed by atoms with Crippen molar-refractivity contribution in [3.8, 4) is 5.75 Å². The molecule has 0 radical (unpaired) electrons. The normalized spacial score (nSPS) is 40.2. The number of carboxylic acids is 1. The molecular formula is C50H76ClNO12. The van der Waals surface area contributed by atoms with Crippen molar-refractivity contribution >= 4 is 29.4 Å². The third-order valence-corrected chi connectivity index (χ3v) is 16.3. The van der Waals surface area contributed by atoms with E-state index in [2.05, 4.69) is 33.0 Å². The minimum Gasteiger partial charge on any atom is -0.481 e. The summed E-state index contributed by atoms with van der Waals surface area (Å²) in [4.78, 5) is 40.2. The lowest BCUT2D eigenvalue weighted by molar-refractivity contribution is -0.327. The number of hydrogen-bond acceptors (Lipinski definition) is 11. The fourth-order valence-corrected chi connectivity index (χ4v) is 11.7. The highest BCUT2D eigenvalue weighted by Crippen LogP contribution is 2.49.